The Bertz CT molecular complexity index is 432. The molecule has 0 spiro atoms. The van der Waals surface area contributed by atoms with Crippen LogP contribution in [0, 0.1) is 17.8 Å². The molecule has 1 heterocycles. The number of nitrogens with one attached hydrogen (secondary N) is 1. The molecule has 2 amide bonds. The van der Waals surface area contributed by atoms with Crippen molar-refractivity contribution in [2.75, 3.05) is 6.54 Å². The van der Waals surface area contributed by atoms with E-state index in [1.807, 2.05) is 18.7 Å². The molecular formula is C16H26N2O2. The van der Waals surface area contributed by atoms with Crippen molar-refractivity contribution >= 4 is 11.8 Å². The van der Waals surface area contributed by atoms with Crippen molar-refractivity contribution in [1.82, 2.24) is 10.2 Å². The van der Waals surface area contributed by atoms with Crippen LogP contribution >= 0.6 is 0 Å². The lowest BCUT2D eigenvalue weighted by Crippen LogP contribution is -2.70. The number of amides is 2. The quantitative estimate of drug-likeness (QED) is 0.857. The molecule has 4 heteroatoms. The normalized spacial score (nSPS) is 42.0. The summed E-state index contributed by atoms with van der Waals surface area (Å²) in [6.45, 7) is 6.81. The van der Waals surface area contributed by atoms with Gasteiger partial charge in [-0.3, -0.25) is 9.59 Å². The highest BCUT2D eigenvalue weighted by molar-refractivity contribution is 5.99. The third-order valence-electron chi connectivity index (χ3n) is 5.80. The second-order valence-corrected chi connectivity index (χ2v) is 7.27. The lowest BCUT2D eigenvalue weighted by molar-refractivity contribution is -0.155. The lowest BCUT2D eigenvalue weighted by atomic mass is 9.88. The van der Waals surface area contributed by atoms with Crippen LogP contribution in [0.5, 0.6) is 0 Å². The van der Waals surface area contributed by atoms with Crippen LogP contribution in [-0.4, -0.2) is 34.8 Å². The molecule has 0 radical (unpaired) electrons. The van der Waals surface area contributed by atoms with Crippen molar-refractivity contribution in [2.24, 2.45) is 17.8 Å². The van der Waals surface area contributed by atoms with Gasteiger partial charge in [-0.25, -0.2) is 0 Å². The molecule has 0 aromatic carbocycles. The average Bonchev–Trinajstić information content (AvgIpc) is 3.18. The van der Waals surface area contributed by atoms with Gasteiger partial charge in [-0.1, -0.05) is 19.8 Å². The fourth-order valence-corrected chi connectivity index (χ4v) is 3.95. The van der Waals surface area contributed by atoms with Crippen LogP contribution in [0.1, 0.15) is 52.9 Å². The largest absolute Gasteiger partial charge is 0.340 e. The standard InChI is InChI=1S/C16H26N2O2/c1-10-5-4-6-12(10)9-18-11(2)14(19)17-16(3,15(18)20)13-7-8-13/h10-13H,4-9H2,1-3H3,(H,17,19). The summed E-state index contributed by atoms with van der Waals surface area (Å²) < 4.78 is 0. The summed E-state index contributed by atoms with van der Waals surface area (Å²) in [5.74, 6) is 1.74. The van der Waals surface area contributed by atoms with Gasteiger partial charge in [0.05, 0.1) is 0 Å². The van der Waals surface area contributed by atoms with Crippen molar-refractivity contribution in [3.63, 3.8) is 0 Å². The van der Waals surface area contributed by atoms with Crippen molar-refractivity contribution in [1.29, 1.82) is 0 Å². The van der Waals surface area contributed by atoms with E-state index < -0.39 is 5.54 Å². The second kappa shape index (κ2) is 4.74. The number of hydrogen-bond donors (Lipinski definition) is 1. The zero-order valence-corrected chi connectivity index (χ0v) is 12.8. The maximum atomic E-state index is 12.9. The Kier molecular flexibility index (Phi) is 3.30. The first-order valence-corrected chi connectivity index (χ1v) is 8.06. The van der Waals surface area contributed by atoms with Gasteiger partial charge in [0.2, 0.25) is 11.8 Å². The van der Waals surface area contributed by atoms with Crippen LogP contribution in [0.15, 0.2) is 0 Å². The highest BCUT2D eigenvalue weighted by Crippen LogP contribution is 2.43. The Morgan fingerprint density at radius 1 is 1.20 bits per heavy atom. The van der Waals surface area contributed by atoms with Crippen molar-refractivity contribution in [2.45, 2.75) is 64.5 Å². The molecule has 2 aliphatic carbocycles. The molecular weight excluding hydrogens is 252 g/mol. The lowest BCUT2D eigenvalue weighted by Gasteiger charge is -2.45. The van der Waals surface area contributed by atoms with Crippen LogP contribution < -0.4 is 5.32 Å². The SMILES string of the molecule is CC1CCCC1CN1C(=O)C(C)(C2CC2)NC(=O)C1C. The molecule has 112 valence electrons. The van der Waals surface area contributed by atoms with E-state index in [0.29, 0.717) is 17.8 Å². The summed E-state index contributed by atoms with van der Waals surface area (Å²) in [6, 6.07) is -0.317. The Balaban J connectivity index is 1.79. The molecule has 3 rings (SSSR count). The van der Waals surface area contributed by atoms with Gasteiger partial charge in [0.25, 0.3) is 0 Å². The third kappa shape index (κ3) is 2.13. The first-order chi connectivity index (χ1) is 9.43. The van der Waals surface area contributed by atoms with E-state index in [1.54, 1.807) is 0 Å². The predicted molar refractivity (Wildman–Crippen MR) is 77.0 cm³/mol. The molecule has 3 aliphatic rings. The number of hydrogen-bond acceptors (Lipinski definition) is 2. The van der Waals surface area contributed by atoms with Crippen LogP contribution in [0.2, 0.25) is 0 Å². The van der Waals surface area contributed by atoms with Crippen molar-refractivity contribution < 1.29 is 9.59 Å². The van der Waals surface area contributed by atoms with Crippen LogP contribution in [0.3, 0.4) is 0 Å². The van der Waals surface area contributed by atoms with Gasteiger partial charge in [-0.2, -0.15) is 0 Å². The van der Waals surface area contributed by atoms with E-state index in [4.69, 9.17) is 0 Å². The number of rotatable bonds is 3. The summed E-state index contributed by atoms with van der Waals surface area (Å²) in [4.78, 5) is 27.0. The minimum absolute atomic E-state index is 0.0182. The zero-order chi connectivity index (χ0) is 14.5. The Morgan fingerprint density at radius 3 is 2.45 bits per heavy atom. The summed E-state index contributed by atoms with van der Waals surface area (Å²) in [5.41, 5.74) is -0.647. The Morgan fingerprint density at radius 2 is 1.90 bits per heavy atom. The maximum Gasteiger partial charge on any atom is 0.249 e. The van der Waals surface area contributed by atoms with Gasteiger partial charge in [-0.15, -0.1) is 0 Å². The molecule has 4 unspecified atom stereocenters. The molecule has 0 aromatic heterocycles. The van der Waals surface area contributed by atoms with E-state index >= 15 is 0 Å². The number of carbonyl (C=O) groups is 2. The molecule has 3 fully saturated rings. The molecule has 1 saturated heterocycles. The smallest absolute Gasteiger partial charge is 0.249 e. The molecule has 2 saturated carbocycles. The fourth-order valence-electron chi connectivity index (χ4n) is 3.95. The number of piperazine rings is 1. The summed E-state index contributed by atoms with van der Waals surface area (Å²) >= 11 is 0. The Hall–Kier alpha value is -1.06. The molecule has 1 aliphatic heterocycles. The van der Waals surface area contributed by atoms with Gasteiger partial charge in [0, 0.05) is 6.54 Å². The van der Waals surface area contributed by atoms with Crippen molar-refractivity contribution in [3.05, 3.63) is 0 Å². The summed E-state index contributed by atoms with van der Waals surface area (Å²) in [6.07, 6.45) is 5.83. The van der Waals surface area contributed by atoms with Crippen molar-refractivity contribution in [3.8, 4) is 0 Å². The first-order valence-electron chi connectivity index (χ1n) is 8.06. The molecule has 0 aromatic rings. The predicted octanol–water partition coefficient (Wildman–Crippen LogP) is 1.94. The van der Waals surface area contributed by atoms with E-state index in [2.05, 4.69) is 12.2 Å². The third-order valence-corrected chi connectivity index (χ3v) is 5.80. The van der Waals surface area contributed by atoms with Crippen LogP contribution in [0.4, 0.5) is 0 Å². The van der Waals surface area contributed by atoms with Gasteiger partial charge in [0.15, 0.2) is 0 Å². The maximum absolute atomic E-state index is 12.9. The van der Waals surface area contributed by atoms with Crippen LogP contribution in [-0.2, 0) is 9.59 Å². The first kappa shape index (κ1) is 13.9. The minimum atomic E-state index is -0.647. The molecule has 4 nitrogen and oxygen atoms in total. The highest BCUT2D eigenvalue weighted by Gasteiger charge is 2.54. The number of carbonyl (C=O) groups excluding carboxylic acids is 2. The summed E-state index contributed by atoms with van der Waals surface area (Å²) in [5, 5.41) is 2.99. The topological polar surface area (TPSA) is 49.4 Å². The van der Waals surface area contributed by atoms with Gasteiger partial charge < -0.3 is 10.2 Å². The average molecular weight is 278 g/mol. The van der Waals surface area contributed by atoms with E-state index in [1.165, 1.54) is 19.3 Å². The molecule has 0 bridgehead atoms. The van der Waals surface area contributed by atoms with Gasteiger partial charge in [0.1, 0.15) is 11.6 Å². The second-order valence-electron chi connectivity index (χ2n) is 7.27. The number of nitrogens with zero attached hydrogens (tertiary/aromatic N) is 1. The van der Waals surface area contributed by atoms with Gasteiger partial charge in [-0.05, 0) is 50.9 Å². The Labute approximate surface area is 121 Å². The minimum Gasteiger partial charge on any atom is -0.340 e. The van der Waals surface area contributed by atoms with E-state index in [9.17, 15) is 9.59 Å². The van der Waals surface area contributed by atoms with E-state index in [-0.39, 0.29) is 17.9 Å². The van der Waals surface area contributed by atoms with Crippen LogP contribution in [0.25, 0.3) is 0 Å². The van der Waals surface area contributed by atoms with Gasteiger partial charge >= 0.3 is 0 Å². The monoisotopic (exact) mass is 278 g/mol. The molecule has 1 N–H and O–H groups in total. The molecule has 4 atom stereocenters. The highest BCUT2D eigenvalue weighted by atomic mass is 16.2. The van der Waals surface area contributed by atoms with E-state index in [0.717, 1.165) is 19.4 Å². The zero-order valence-electron chi connectivity index (χ0n) is 12.8. The molecule has 20 heavy (non-hydrogen) atoms. The fraction of sp³-hybridized carbons (Fsp3) is 0.875. The summed E-state index contributed by atoms with van der Waals surface area (Å²) in [7, 11) is 0.